The van der Waals surface area contributed by atoms with Gasteiger partial charge in [0.25, 0.3) is 0 Å². The van der Waals surface area contributed by atoms with Crippen LogP contribution in [-0.4, -0.2) is 5.84 Å². The predicted molar refractivity (Wildman–Crippen MR) is 77.5 cm³/mol. The third-order valence-electron chi connectivity index (χ3n) is 2.72. The first-order valence-corrected chi connectivity index (χ1v) is 6.57. The van der Waals surface area contributed by atoms with Crippen molar-refractivity contribution in [1.29, 1.82) is 5.41 Å². The van der Waals surface area contributed by atoms with Crippen molar-refractivity contribution in [3.8, 4) is 0 Å². The van der Waals surface area contributed by atoms with Gasteiger partial charge >= 0.3 is 0 Å². The number of amidine groups is 1. The number of benzene rings is 2. The lowest BCUT2D eigenvalue weighted by molar-refractivity contribution is 1.26. The van der Waals surface area contributed by atoms with Crippen LogP contribution in [0.2, 0.25) is 0 Å². The van der Waals surface area contributed by atoms with Gasteiger partial charge in [-0.2, -0.15) is 0 Å². The van der Waals surface area contributed by atoms with Gasteiger partial charge in [0.15, 0.2) is 0 Å². The van der Waals surface area contributed by atoms with Crippen molar-refractivity contribution in [3.63, 3.8) is 0 Å². The van der Waals surface area contributed by atoms with E-state index in [1.165, 1.54) is 16.0 Å². The molecule has 92 valence electrons. The Labute approximate surface area is 112 Å². The summed E-state index contributed by atoms with van der Waals surface area (Å²) in [5.41, 5.74) is 8.77. The standard InChI is InChI=1S/C15H16N2S/c1-10-3-8-14(11(2)9-10)18-13-6-4-12(5-7-13)15(16)17/h3-9H,1-2H3,(H3,16,17). The molecule has 0 heterocycles. The van der Waals surface area contributed by atoms with E-state index in [2.05, 4.69) is 32.0 Å². The summed E-state index contributed by atoms with van der Waals surface area (Å²) in [6.07, 6.45) is 0. The first-order valence-electron chi connectivity index (χ1n) is 5.76. The van der Waals surface area contributed by atoms with E-state index in [0.29, 0.717) is 0 Å². The van der Waals surface area contributed by atoms with Gasteiger partial charge in [-0.15, -0.1) is 0 Å². The molecule has 0 radical (unpaired) electrons. The molecule has 0 unspecified atom stereocenters. The van der Waals surface area contributed by atoms with Crippen LogP contribution >= 0.6 is 11.8 Å². The van der Waals surface area contributed by atoms with Crippen molar-refractivity contribution < 1.29 is 0 Å². The predicted octanol–water partition coefficient (Wildman–Crippen LogP) is 3.74. The lowest BCUT2D eigenvalue weighted by atomic mass is 10.2. The maximum absolute atomic E-state index is 7.36. The second-order valence-electron chi connectivity index (χ2n) is 4.31. The molecule has 0 amide bonds. The van der Waals surface area contributed by atoms with Crippen LogP contribution < -0.4 is 5.73 Å². The minimum Gasteiger partial charge on any atom is -0.384 e. The average molecular weight is 256 g/mol. The second-order valence-corrected chi connectivity index (χ2v) is 5.42. The van der Waals surface area contributed by atoms with Crippen molar-refractivity contribution in [2.24, 2.45) is 5.73 Å². The van der Waals surface area contributed by atoms with Crippen molar-refractivity contribution in [2.45, 2.75) is 23.6 Å². The normalized spacial score (nSPS) is 10.3. The Morgan fingerprint density at radius 2 is 1.72 bits per heavy atom. The third kappa shape index (κ3) is 2.93. The molecule has 0 bridgehead atoms. The molecule has 2 aromatic rings. The smallest absolute Gasteiger partial charge is 0.122 e. The summed E-state index contributed by atoms with van der Waals surface area (Å²) in [7, 11) is 0. The van der Waals surface area contributed by atoms with Crippen LogP contribution in [0.3, 0.4) is 0 Å². The summed E-state index contributed by atoms with van der Waals surface area (Å²) >= 11 is 1.73. The van der Waals surface area contributed by atoms with Crippen LogP contribution in [0.1, 0.15) is 16.7 Å². The molecular weight excluding hydrogens is 240 g/mol. The molecule has 3 heteroatoms. The fourth-order valence-electron chi connectivity index (χ4n) is 1.74. The van der Waals surface area contributed by atoms with Gasteiger partial charge in [0.2, 0.25) is 0 Å². The van der Waals surface area contributed by atoms with Crippen molar-refractivity contribution >= 4 is 17.6 Å². The minimum atomic E-state index is 0.109. The number of nitrogens with one attached hydrogen (secondary N) is 1. The maximum Gasteiger partial charge on any atom is 0.122 e. The van der Waals surface area contributed by atoms with Crippen LogP contribution in [0.4, 0.5) is 0 Å². The zero-order valence-corrected chi connectivity index (χ0v) is 11.3. The number of rotatable bonds is 3. The molecule has 3 N–H and O–H groups in total. The lowest BCUT2D eigenvalue weighted by Crippen LogP contribution is -2.10. The number of nitrogens with two attached hydrogens (primary N) is 1. The highest BCUT2D eigenvalue weighted by Crippen LogP contribution is 2.30. The number of nitrogen functional groups attached to an aromatic ring is 1. The molecule has 0 aliphatic heterocycles. The van der Waals surface area contributed by atoms with Gasteiger partial charge in [0, 0.05) is 15.4 Å². The van der Waals surface area contributed by atoms with E-state index in [4.69, 9.17) is 11.1 Å². The fourth-order valence-corrected chi connectivity index (χ4v) is 2.63. The Morgan fingerprint density at radius 3 is 2.28 bits per heavy atom. The molecule has 0 saturated heterocycles. The maximum atomic E-state index is 7.36. The fraction of sp³-hybridized carbons (Fsp3) is 0.133. The molecule has 0 atom stereocenters. The second kappa shape index (κ2) is 5.27. The molecular formula is C15H16N2S. The minimum absolute atomic E-state index is 0.109. The number of hydrogen-bond acceptors (Lipinski definition) is 2. The van der Waals surface area contributed by atoms with Gasteiger partial charge in [0.05, 0.1) is 0 Å². The first kappa shape index (κ1) is 12.7. The quantitative estimate of drug-likeness (QED) is 0.649. The summed E-state index contributed by atoms with van der Waals surface area (Å²) < 4.78 is 0. The highest BCUT2D eigenvalue weighted by Gasteiger charge is 2.02. The Balaban J connectivity index is 2.21. The van der Waals surface area contributed by atoms with Gasteiger partial charge in [-0.3, -0.25) is 5.41 Å². The Morgan fingerprint density at radius 1 is 1.06 bits per heavy atom. The summed E-state index contributed by atoms with van der Waals surface area (Å²) in [5, 5.41) is 7.36. The van der Waals surface area contributed by atoms with Crippen molar-refractivity contribution in [2.75, 3.05) is 0 Å². The number of aryl methyl sites for hydroxylation is 2. The molecule has 18 heavy (non-hydrogen) atoms. The molecule has 0 aliphatic carbocycles. The van der Waals surface area contributed by atoms with E-state index in [-0.39, 0.29) is 5.84 Å². The largest absolute Gasteiger partial charge is 0.384 e. The topological polar surface area (TPSA) is 49.9 Å². The zero-order valence-electron chi connectivity index (χ0n) is 10.5. The molecule has 0 fully saturated rings. The van der Waals surface area contributed by atoms with Crippen LogP contribution in [-0.2, 0) is 0 Å². The Kier molecular flexibility index (Phi) is 3.72. The Hall–Kier alpha value is -1.74. The highest BCUT2D eigenvalue weighted by atomic mass is 32.2. The zero-order chi connectivity index (χ0) is 13.1. The molecule has 0 saturated carbocycles. The number of hydrogen-bond donors (Lipinski definition) is 2. The van der Waals surface area contributed by atoms with E-state index < -0.39 is 0 Å². The SMILES string of the molecule is Cc1ccc(Sc2ccc(C(=N)N)cc2)c(C)c1. The molecule has 0 aromatic heterocycles. The summed E-state index contributed by atoms with van der Waals surface area (Å²) in [5.74, 6) is 0.109. The Bertz CT molecular complexity index is 574. The van der Waals surface area contributed by atoms with Crippen LogP contribution in [0.15, 0.2) is 52.3 Å². The monoisotopic (exact) mass is 256 g/mol. The van der Waals surface area contributed by atoms with Crippen molar-refractivity contribution in [1.82, 2.24) is 0 Å². The molecule has 0 spiro atoms. The van der Waals surface area contributed by atoms with Crippen LogP contribution in [0.5, 0.6) is 0 Å². The van der Waals surface area contributed by atoms with E-state index in [0.717, 1.165) is 10.5 Å². The third-order valence-corrected chi connectivity index (χ3v) is 3.91. The van der Waals surface area contributed by atoms with Gasteiger partial charge in [-0.1, -0.05) is 41.6 Å². The lowest BCUT2D eigenvalue weighted by Gasteiger charge is -2.07. The summed E-state index contributed by atoms with van der Waals surface area (Å²) in [6.45, 7) is 4.22. The van der Waals surface area contributed by atoms with Gasteiger partial charge in [-0.25, -0.2) is 0 Å². The average Bonchev–Trinajstić information content (AvgIpc) is 2.33. The van der Waals surface area contributed by atoms with Crippen LogP contribution in [0.25, 0.3) is 0 Å². The van der Waals surface area contributed by atoms with E-state index in [9.17, 15) is 0 Å². The van der Waals surface area contributed by atoms with Gasteiger partial charge < -0.3 is 5.73 Å². The van der Waals surface area contributed by atoms with Gasteiger partial charge in [-0.05, 0) is 37.6 Å². The summed E-state index contributed by atoms with van der Waals surface area (Å²) in [6, 6.07) is 14.2. The summed E-state index contributed by atoms with van der Waals surface area (Å²) in [4.78, 5) is 2.42. The van der Waals surface area contributed by atoms with Crippen molar-refractivity contribution in [3.05, 3.63) is 59.2 Å². The molecule has 0 aliphatic rings. The van der Waals surface area contributed by atoms with Gasteiger partial charge in [0.1, 0.15) is 5.84 Å². The van der Waals surface area contributed by atoms with Crippen LogP contribution in [0, 0.1) is 19.3 Å². The van der Waals surface area contributed by atoms with E-state index >= 15 is 0 Å². The molecule has 2 aromatic carbocycles. The highest BCUT2D eigenvalue weighted by molar-refractivity contribution is 7.99. The van der Waals surface area contributed by atoms with E-state index in [1.807, 2.05) is 24.3 Å². The molecule has 2 nitrogen and oxygen atoms in total. The molecule has 2 rings (SSSR count). The van der Waals surface area contributed by atoms with E-state index in [1.54, 1.807) is 11.8 Å². The first-order chi connectivity index (χ1) is 8.56.